The molecular formula is C37H28ClN3O2S. The van der Waals surface area contributed by atoms with Gasteiger partial charge in [0.05, 0.1) is 23.4 Å². The zero-order chi connectivity index (χ0) is 29.8. The molecule has 216 valence electrons. The fourth-order valence-electron chi connectivity index (χ4n) is 6.58. The summed E-state index contributed by atoms with van der Waals surface area (Å²) in [6, 6.07) is 32.6. The van der Waals surface area contributed by atoms with E-state index in [-0.39, 0.29) is 11.6 Å². The topological polar surface area (TPSA) is 48.5 Å². The maximum Gasteiger partial charge on any atom is 0.271 e. The first-order valence-corrected chi connectivity index (χ1v) is 15.9. The van der Waals surface area contributed by atoms with Gasteiger partial charge in [0.15, 0.2) is 4.80 Å². The molecule has 1 aliphatic carbocycles. The molecule has 8 rings (SSSR count). The minimum atomic E-state index is -0.232. The van der Waals surface area contributed by atoms with Crippen molar-refractivity contribution in [3.63, 3.8) is 0 Å². The molecule has 0 radical (unpaired) electrons. The highest BCUT2D eigenvalue weighted by Gasteiger charge is 2.32. The van der Waals surface area contributed by atoms with Crippen molar-refractivity contribution in [1.82, 2.24) is 9.13 Å². The number of ether oxygens (including phenoxy) is 1. The number of halogens is 1. The van der Waals surface area contributed by atoms with Gasteiger partial charge in [0, 0.05) is 39.8 Å². The lowest BCUT2D eigenvalue weighted by Crippen LogP contribution is -2.38. The molecule has 4 aromatic carbocycles. The van der Waals surface area contributed by atoms with Crippen molar-refractivity contribution in [3.05, 3.63) is 161 Å². The number of fused-ring (bicyclic) bond motifs is 4. The maximum atomic E-state index is 14.3. The number of aryl methyl sites for hydroxylation is 1. The maximum absolute atomic E-state index is 14.3. The Bertz CT molecular complexity index is 2290. The van der Waals surface area contributed by atoms with Crippen LogP contribution in [0.4, 0.5) is 0 Å². The van der Waals surface area contributed by atoms with E-state index in [0.717, 1.165) is 67.3 Å². The van der Waals surface area contributed by atoms with Crippen LogP contribution < -0.4 is 19.6 Å². The van der Waals surface area contributed by atoms with Crippen molar-refractivity contribution in [3.8, 4) is 5.75 Å². The van der Waals surface area contributed by atoms with Crippen LogP contribution in [-0.2, 0) is 13.0 Å². The zero-order valence-corrected chi connectivity index (χ0v) is 25.6. The monoisotopic (exact) mass is 613 g/mol. The Morgan fingerprint density at radius 3 is 2.57 bits per heavy atom. The third kappa shape index (κ3) is 4.45. The van der Waals surface area contributed by atoms with Gasteiger partial charge < -0.3 is 9.30 Å². The summed E-state index contributed by atoms with van der Waals surface area (Å²) in [5, 5.41) is 1.83. The van der Waals surface area contributed by atoms with Crippen molar-refractivity contribution >= 4 is 45.6 Å². The van der Waals surface area contributed by atoms with E-state index < -0.39 is 0 Å². The number of para-hydroxylation sites is 1. The number of hydrogen-bond donors (Lipinski definition) is 0. The van der Waals surface area contributed by atoms with Crippen LogP contribution in [0, 0.1) is 0 Å². The average molecular weight is 614 g/mol. The summed E-state index contributed by atoms with van der Waals surface area (Å²) in [6.45, 7) is 0.638. The third-order valence-corrected chi connectivity index (χ3v) is 10.1. The number of methoxy groups -OCH3 is 1. The average Bonchev–Trinajstić information content (AvgIpc) is 3.57. The standard InChI is InChI=1S/C37H28ClN3O2S/c1-43-27-17-14-24(15-18-27)35-30-19-16-23-8-2-4-11-29(23)34(30)39-37-41(35)36(42)33(44-37)20-26-22-40(32-13-7-5-10-28(26)32)21-25-9-3-6-12-31(25)38/h2-15,17-18,20,22,35H,16,19,21H2,1H3/b33-20-/t35-/m0/s1. The molecule has 0 spiro atoms. The number of allylic oxidation sites excluding steroid dienone is 1. The van der Waals surface area contributed by atoms with Gasteiger partial charge in [-0.3, -0.25) is 9.36 Å². The second-order valence-corrected chi connectivity index (χ2v) is 12.6. The van der Waals surface area contributed by atoms with Crippen molar-refractivity contribution < 1.29 is 4.74 Å². The van der Waals surface area contributed by atoms with Gasteiger partial charge in [-0.05, 0) is 65.4 Å². The first kappa shape index (κ1) is 26.9. The smallest absolute Gasteiger partial charge is 0.271 e. The van der Waals surface area contributed by atoms with Gasteiger partial charge in [0.2, 0.25) is 0 Å². The molecule has 7 heteroatoms. The van der Waals surface area contributed by atoms with E-state index in [0.29, 0.717) is 11.1 Å². The van der Waals surface area contributed by atoms with E-state index in [1.54, 1.807) is 7.11 Å². The van der Waals surface area contributed by atoms with Crippen molar-refractivity contribution in [2.24, 2.45) is 4.99 Å². The van der Waals surface area contributed by atoms with Crippen LogP contribution in [0.5, 0.6) is 5.75 Å². The molecule has 0 fully saturated rings. The molecule has 44 heavy (non-hydrogen) atoms. The number of nitrogens with zero attached hydrogens (tertiary/aromatic N) is 3. The lowest BCUT2D eigenvalue weighted by atomic mass is 9.83. The number of benzene rings is 4. The van der Waals surface area contributed by atoms with E-state index in [2.05, 4.69) is 59.3 Å². The Labute approximate surface area is 263 Å². The fourth-order valence-corrected chi connectivity index (χ4v) is 7.77. The SMILES string of the molecule is COc1ccc([C@H]2C3=C(N=c4s/c(=C\c5cn(Cc6ccccc6Cl)c6ccccc56)c(=O)n42)c2ccccc2CC3)cc1. The summed E-state index contributed by atoms with van der Waals surface area (Å²) in [7, 11) is 1.67. The van der Waals surface area contributed by atoms with Crippen LogP contribution in [-0.4, -0.2) is 16.2 Å². The van der Waals surface area contributed by atoms with E-state index in [1.807, 2.05) is 59.2 Å². The molecule has 0 unspecified atom stereocenters. The highest BCUT2D eigenvalue weighted by atomic mass is 35.5. The molecule has 5 nitrogen and oxygen atoms in total. The van der Waals surface area contributed by atoms with E-state index in [4.69, 9.17) is 21.3 Å². The van der Waals surface area contributed by atoms with Crippen molar-refractivity contribution in [2.45, 2.75) is 25.4 Å². The van der Waals surface area contributed by atoms with Crippen molar-refractivity contribution in [2.75, 3.05) is 7.11 Å². The lowest BCUT2D eigenvalue weighted by Gasteiger charge is -2.30. The molecule has 6 aromatic rings. The normalized spacial score (nSPS) is 16.0. The van der Waals surface area contributed by atoms with Crippen LogP contribution in [0.1, 0.15) is 40.3 Å². The summed E-state index contributed by atoms with van der Waals surface area (Å²) >= 11 is 7.98. The van der Waals surface area contributed by atoms with Crippen LogP contribution in [0.3, 0.4) is 0 Å². The van der Waals surface area contributed by atoms with E-state index >= 15 is 0 Å². The summed E-state index contributed by atoms with van der Waals surface area (Å²) in [6.07, 6.45) is 5.92. The second-order valence-electron chi connectivity index (χ2n) is 11.2. The number of thiazole rings is 1. The predicted octanol–water partition coefficient (Wildman–Crippen LogP) is 6.98. The Kier molecular flexibility index (Phi) is 6.62. The van der Waals surface area contributed by atoms with Gasteiger partial charge in [-0.2, -0.15) is 0 Å². The van der Waals surface area contributed by atoms with Crippen LogP contribution in [0.2, 0.25) is 5.02 Å². The highest BCUT2D eigenvalue weighted by molar-refractivity contribution is 7.07. The molecule has 0 amide bonds. The van der Waals surface area contributed by atoms with Gasteiger partial charge >= 0.3 is 0 Å². The summed E-state index contributed by atoms with van der Waals surface area (Å²) < 4.78 is 10.2. The molecule has 3 heterocycles. The molecule has 0 saturated carbocycles. The number of aromatic nitrogens is 2. The molecule has 0 bridgehead atoms. The molecule has 0 N–H and O–H groups in total. The van der Waals surface area contributed by atoms with Crippen LogP contribution in [0.25, 0.3) is 22.7 Å². The predicted molar refractivity (Wildman–Crippen MR) is 178 cm³/mol. The quantitative estimate of drug-likeness (QED) is 0.211. The number of rotatable bonds is 5. The van der Waals surface area contributed by atoms with Gasteiger partial charge in [0.1, 0.15) is 5.75 Å². The van der Waals surface area contributed by atoms with Gasteiger partial charge in [0.25, 0.3) is 5.56 Å². The molecule has 0 saturated heterocycles. The molecule has 1 aliphatic heterocycles. The lowest BCUT2D eigenvalue weighted by molar-refractivity contribution is 0.414. The Morgan fingerprint density at radius 2 is 1.73 bits per heavy atom. The highest BCUT2D eigenvalue weighted by Crippen LogP contribution is 2.41. The Balaban J connectivity index is 1.32. The van der Waals surface area contributed by atoms with Gasteiger partial charge in [-0.25, -0.2) is 4.99 Å². The summed E-state index contributed by atoms with van der Waals surface area (Å²) in [4.78, 5) is 20.2. The first-order chi connectivity index (χ1) is 21.6. The van der Waals surface area contributed by atoms with Gasteiger partial charge in [-0.1, -0.05) is 95.7 Å². The van der Waals surface area contributed by atoms with Crippen LogP contribution >= 0.6 is 22.9 Å². The molecular weight excluding hydrogens is 586 g/mol. The van der Waals surface area contributed by atoms with Crippen molar-refractivity contribution in [1.29, 1.82) is 0 Å². The summed E-state index contributed by atoms with van der Waals surface area (Å²) in [5.74, 6) is 0.789. The van der Waals surface area contributed by atoms with E-state index in [9.17, 15) is 4.79 Å². The fraction of sp³-hybridized carbons (Fsp3) is 0.135. The first-order valence-electron chi connectivity index (χ1n) is 14.7. The molecule has 1 atom stereocenters. The zero-order valence-electron chi connectivity index (χ0n) is 24.0. The largest absolute Gasteiger partial charge is 0.497 e. The Hall–Kier alpha value is -4.65. The number of hydrogen-bond acceptors (Lipinski definition) is 4. The second kappa shape index (κ2) is 10.8. The minimum absolute atomic E-state index is 0.0251. The molecule has 2 aromatic heterocycles. The summed E-state index contributed by atoms with van der Waals surface area (Å²) in [5.41, 5.74) is 8.80. The Morgan fingerprint density at radius 1 is 0.955 bits per heavy atom. The third-order valence-electron chi connectivity index (χ3n) is 8.71. The van der Waals surface area contributed by atoms with Gasteiger partial charge in [-0.15, -0.1) is 0 Å². The minimum Gasteiger partial charge on any atom is -0.497 e. The van der Waals surface area contributed by atoms with Crippen LogP contribution in [0.15, 0.2) is 119 Å². The molecule has 2 aliphatic rings. The van der Waals surface area contributed by atoms with E-state index in [1.165, 1.54) is 22.5 Å².